The molecule has 3 heterocycles. The van der Waals surface area contributed by atoms with Gasteiger partial charge in [0.25, 0.3) is 5.91 Å². The first kappa shape index (κ1) is 23.3. The normalized spacial score (nSPS) is 15.0. The molecule has 0 spiro atoms. The summed E-state index contributed by atoms with van der Waals surface area (Å²) < 4.78 is 37.4. The van der Waals surface area contributed by atoms with Crippen LogP contribution in [0.1, 0.15) is 39.4 Å². The van der Waals surface area contributed by atoms with Crippen LogP contribution >= 0.6 is 0 Å². The summed E-state index contributed by atoms with van der Waals surface area (Å²) >= 11 is 0. The third-order valence-electron chi connectivity index (χ3n) is 6.56. The SMILES string of the molecule is COc1ccccc1-c1nc(CS(C)(=O)=O)c2n1CCN(C(=O)c1cc3c(nc1OC)CCC3)C2. The maximum atomic E-state index is 13.6. The second-order valence-corrected chi connectivity index (χ2v) is 11.1. The number of methoxy groups -OCH3 is 2. The Balaban J connectivity index is 1.54. The van der Waals surface area contributed by atoms with Gasteiger partial charge in [0.2, 0.25) is 5.88 Å². The maximum Gasteiger partial charge on any atom is 0.259 e. The minimum Gasteiger partial charge on any atom is -0.496 e. The van der Waals surface area contributed by atoms with Gasteiger partial charge in [-0.05, 0) is 43.0 Å². The van der Waals surface area contributed by atoms with E-state index < -0.39 is 9.84 Å². The Labute approximate surface area is 204 Å². The van der Waals surface area contributed by atoms with Gasteiger partial charge in [-0.2, -0.15) is 0 Å². The standard InChI is InChI=1S/C25H28N4O5S/c1-33-22-10-5-4-8-17(22)23-26-20(15-35(3,31)32)21-14-28(11-12-29(21)23)25(30)18-13-16-7-6-9-19(16)27-24(18)34-2/h4-5,8,10,13H,6-7,9,11-12,14-15H2,1-3H3. The van der Waals surface area contributed by atoms with Gasteiger partial charge >= 0.3 is 0 Å². The average molecular weight is 497 g/mol. The Morgan fingerprint density at radius 1 is 1.09 bits per heavy atom. The maximum absolute atomic E-state index is 13.6. The van der Waals surface area contributed by atoms with Crippen molar-refractivity contribution in [3.8, 4) is 23.0 Å². The van der Waals surface area contributed by atoms with E-state index in [-0.39, 0.29) is 18.2 Å². The van der Waals surface area contributed by atoms with Crippen LogP contribution in [0.4, 0.5) is 0 Å². The highest BCUT2D eigenvalue weighted by atomic mass is 32.2. The number of para-hydroxylation sites is 1. The fraction of sp³-hybridized carbons (Fsp3) is 0.400. The molecular weight excluding hydrogens is 468 g/mol. The lowest BCUT2D eigenvalue weighted by Crippen LogP contribution is -2.39. The van der Waals surface area contributed by atoms with Crippen molar-refractivity contribution in [1.82, 2.24) is 19.4 Å². The fourth-order valence-electron chi connectivity index (χ4n) is 4.94. The van der Waals surface area contributed by atoms with Gasteiger partial charge < -0.3 is 18.9 Å². The molecule has 2 aliphatic rings. The molecule has 0 bridgehead atoms. The van der Waals surface area contributed by atoms with E-state index in [1.165, 1.54) is 13.4 Å². The summed E-state index contributed by atoms with van der Waals surface area (Å²) in [4.78, 5) is 24.6. The summed E-state index contributed by atoms with van der Waals surface area (Å²) in [5.41, 5.74) is 4.46. The fourth-order valence-corrected chi connectivity index (χ4v) is 5.67. The van der Waals surface area contributed by atoms with Crippen molar-refractivity contribution in [2.45, 2.75) is 38.1 Å². The van der Waals surface area contributed by atoms with Crippen LogP contribution in [0, 0.1) is 0 Å². The number of ether oxygens (including phenoxy) is 2. The lowest BCUT2D eigenvalue weighted by Gasteiger charge is -2.30. The highest BCUT2D eigenvalue weighted by Gasteiger charge is 2.31. The van der Waals surface area contributed by atoms with E-state index in [1.54, 1.807) is 12.0 Å². The van der Waals surface area contributed by atoms with Gasteiger partial charge in [0.1, 0.15) is 17.1 Å². The molecule has 0 saturated heterocycles. The van der Waals surface area contributed by atoms with Crippen molar-refractivity contribution < 1.29 is 22.7 Å². The number of sulfone groups is 1. The molecule has 184 valence electrons. The quantitative estimate of drug-likeness (QED) is 0.517. The molecule has 0 saturated carbocycles. The molecule has 0 fully saturated rings. The summed E-state index contributed by atoms with van der Waals surface area (Å²) in [5.74, 6) is 1.24. The minimum absolute atomic E-state index is 0.180. The smallest absolute Gasteiger partial charge is 0.259 e. The molecule has 0 N–H and O–H groups in total. The Hall–Kier alpha value is -3.40. The number of rotatable bonds is 6. The first-order valence-electron chi connectivity index (χ1n) is 11.5. The molecule has 0 unspecified atom stereocenters. The van der Waals surface area contributed by atoms with Crippen LogP contribution in [0.2, 0.25) is 0 Å². The van der Waals surface area contributed by atoms with Crippen molar-refractivity contribution in [3.63, 3.8) is 0 Å². The zero-order valence-electron chi connectivity index (χ0n) is 20.1. The summed E-state index contributed by atoms with van der Waals surface area (Å²) in [6.45, 7) is 1.17. The molecule has 1 aliphatic heterocycles. The lowest BCUT2D eigenvalue weighted by molar-refractivity contribution is 0.0707. The second kappa shape index (κ2) is 8.99. The molecule has 1 aliphatic carbocycles. The van der Waals surface area contributed by atoms with E-state index in [9.17, 15) is 13.2 Å². The lowest BCUT2D eigenvalue weighted by atomic mass is 10.1. The Kier molecular flexibility index (Phi) is 6.00. The van der Waals surface area contributed by atoms with Crippen molar-refractivity contribution in [2.75, 3.05) is 27.0 Å². The number of aryl methyl sites for hydroxylation is 2. The predicted octanol–water partition coefficient (Wildman–Crippen LogP) is 2.65. The van der Waals surface area contributed by atoms with Gasteiger partial charge in [0, 0.05) is 25.0 Å². The number of hydrogen-bond donors (Lipinski definition) is 0. The number of carbonyl (C=O) groups is 1. The summed E-state index contributed by atoms with van der Waals surface area (Å²) in [7, 11) is -0.228. The van der Waals surface area contributed by atoms with Crippen LogP contribution in [0.15, 0.2) is 30.3 Å². The van der Waals surface area contributed by atoms with Gasteiger partial charge in [-0.1, -0.05) is 12.1 Å². The van der Waals surface area contributed by atoms with Crippen molar-refractivity contribution in [2.24, 2.45) is 0 Å². The molecule has 2 aromatic heterocycles. The van der Waals surface area contributed by atoms with Gasteiger partial charge in [-0.3, -0.25) is 4.79 Å². The van der Waals surface area contributed by atoms with Crippen LogP contribution < -0.4 is 9.47 Å². The first-order valence-corrected chi connectivity index (χ1v) is 13.6. The van der Waals surface area contributed by atoms with Crippen LogP contribution in [0.3, 0.4) is 0 Å². The van der Waals surface area contributed by atoms with Gasteiger partial charge in [0.05, 0.1) is 43.5 Å². The topological polar surface area (TPSA) is 104 Å². The van der Waals surface area contributed by atoms with E-state index in [0.29, 0.717) is 47.5 Å². The number of hydrogen-bond acceptors (Lipinski definition) is 7. The van der Waals surface area contributed by atoms with Crippen LogP contribution in [0.25, 0.3) is 11.4 Å². The van der Waals surface area contributed by atoms with Gasteiger partial charge in [-0.25, -0.2) is 18.4 Å². The second-order valence-electron chi connectivity index (χ2n) is 8.98. The number of aromatic nitrogens is 3. The van der Waals surface area contributed by atoms with Crippen molar-refractivity contribution in [3.05, 3.63) is 58.5 Å². The molecule has 0 radical (unpaired) electrons. The number of carbonyl (C=O) groups excluding carboxylic acids is 1. The van der Waals surface area contributed by atoms with E-state index in [1.807, 2.05) is 34.9 Å². The van der Waals surface area contributed by atoms with Crippen LogP contribution in [0.5, 0.6) is 11.6 Å². The highest BCUT2D eigenvalue weighted by Crippen LogP contribution is 2.34. The predicted molar refractivity (Wildman–Crippen MR) is 130 cm³/mol. The van der Waals surface area contributed by atoms with Crippen LogP contribution in [-0.2, 0) is 41.5 Å². The Morgan fingerprint density at radius 2 is 1.89 bits per heavy atom. The highest BCUT2D eigenvalue weighted by molar-refractivity contribution is 7.89. The summed E-state index contributed by atoms with van der Waals surface area (Å²) in [6.07, 6.45) is 4.00. The number of pyridine rings is 1. The third-order valence-corrected chi connectivity index (χ3v) is 7.36. The van der Waals surface area contributed by atoms with E-state index >= 15 is 0 Å². The number of benzene rings is 1. The van der Waals surface area contributed by atoms with E-state index in [4.69, 9.17) is 14.5 Å². The number of amides is 1. The molecule has 1 amide bonds. The Morgan fingerprint density at radius 3 is 2.63 bits per heavy atom. The number of imidazole rings is 1. The molecule has 3 aromatic rings. The molecule has 0 atom stereocenters. The number of nitrogens with zero attached hydrogens (tertiary/aromatic N) is 4. The Bertz CT molecular complexity index is 1410. The summed E-state index contributed by atoms with van der Waals surface area (Å²) in [6, 6.07) is 9.41. The molecule has 1 aromatic carbocycles. The number of fused-ring (bicyclic) bond motifs is 2. The third kappa shape index (κ3) is 4.38. The molecule has 35 heavy (non-hydrogen) atoms. The molecule has 9 nitrogen and oxygen atoms in total. The zero-order valence-corrected chi connectivity index (χ0v) is 20.9. The monoisotopic (exact) mass is 496 g/mol. The molecule has 5 rings (SSSR count). The summed E-state index contributed by atoms with van der Waals surface area (Å²) in [5, 5.41) is 0. The van der Waals surface area contributed by atoms with Crippen LogP contribution in [-0.4, -0.2) is 60.8 Å². The average Bonchev–Trinajstić information content (AvgIpc) is 3.45. The zero-order chi connectivity index (χ0) is 24.7. The van der Waals surface area contributed by atoms with Gasteiger partial charge in [0.15, 0.2) is 9.84 Å². The first-order chi connectivity index (χ1) is 16.8. The van der Waals surface area contributed by atoms with Crippen molar-refractivity contribution in [1.29, 1.82) is 0 Å². The van der Waals surface area contributed by atoms with E-state index in [0.717, 1.165) is 36.1 Å². The largest absolute Gasteiger partial charge is 0.496 e. The molecule has 10 heteroatoms. The molecular formula is C25H28N4O5S. The minimum atomic E-state index is -3.34. The van der Waals surface area contributed by atoms with Gasteiger partial charge in [-0.15, -0.1) is 0 Å². The van der Waals surface area contributed by atoms with Crippen molar-refractivity contribution >= 4 is 15.7 Å². The van der Waals surface area contributed by atoms with E-state index in [2.05, 4.69) is 4.98 Å².